The molecule has 3 heteroatoms. The lowest BCUT2D eigenvalue weighted by Crippen LogP contribution is -2.33. The Labute approximate surface area is 67.4 Å². The van der Waals surface area contributed by atoms with Gasteiger partial charge < -0.3 is 5.32 Å². The lowest BCUT2D eigenvalue weighted by molar-refractivity contribution is -0.110. The molecule has 0 fully saturated rings. The molecule has 1 N–H and O–H groups in total. The van der Waals surface area contributed by atoms with Gasteiger partial charge in [-0.25, -0.2) is 0 Å². The van der Waals surface area contributed by atoms with Gasteiger partial charge in [-0.05, 0) is 0 Å². The van der Waals surface area contributed by atoms with E-state index in [2.05, 4.69) is 18.5 Å². The van der Waals surface area contributed by atoms with Crippen molar-refractivity contribution < 1.29 is 4.79 Å². The van der Waals surface area contributed by atoms with E-state index in [1.54, 1.807) is 12.2 Å². The van der Waals surface area contributed by atoms with E-state index >= 15 is 0 Å². The molecule has 0 aromatic rings. The van der Waals surface area contributed by atoms with E-state index in [4.69, 9.17) is 0 Å². The summed E-state index contributed by atoms with van der Waals surface area (Å²) in [6.07, 6.45) is 4.26. The van der Waals surface area contributed by atoms with Crippen LogP contribution in [0, 0.1) is 0 Å². The second-order valence-electron chi connectivity index (χ2n) is 2.09. The molecule has 11 heavy (non-hydrogen) atoms. The van der Waals surface area contributed by atoms with Crippen LogP contribution < -0.4 is 5.32 Å². The summed E-state index contributed by atoms with van der Waals surface area (Å²) in [6.45, 7) is 9.25. The summed E-state index contributed by atoms with van der Waals surface area (Å²) in [6, 6.07) is 0. The molecule has 0 rings (SSSR count). The first-order valence-electron chi connectivity index (χ1n) is 3.46. The van der Waals surface area contributed by atoms with Crippen LogP contribution in [0.1, 0.15) is 0 Å². The number of nitrogens with one attached hydrogen (secondary N) is 1. The van der Waals surface area contributed by atoms with Gasteiger partial charge in [-0.1, -0.05) is 12.2 Å². The van der Waals surface area contributed by atoms with Gasteiger partial charge >= 0.3 is 0 Å². The van der Waals surface area contributed by atoms with E-state index in [0.717, 1.165) is 13.1 Å². The van der Waals surface area contributed by atoms with E-state index in [0.29, 0.717) is 13.1 Å². The van der Waals surface area contributed by atoms with Crippen LogP contribution in [0.3, 0.4) is 0 Å². The summed E-state index contributed by atoms with van der Waals surface area (Å²) in [4.78, 5) is 11.9. The van der Waals surface area contributed by atoms with Crippen LogP contribution in [-0.2, 0) is 4.79 Å². The smallest absolute Gasteiger partial charge is 0.208 e. The van der Waals surface area contributed by atoms with Crippen molar-refractivity contribution in [2.75, 3.05) is 19.8 Å². The lowest BCUT2D eigenvalue weighted by atomic mass is 10.5. The highest BCUT2D eigenvalue weighted by molar-refractivity contribution is 5.45. The molecule has 0 bridgehead atoms. The average Bonchev–Trinajstić information content (AvgIpc) is 2.01. The van der Waals surface area contributed by atoms with Gasteiger partial charge in [0.05, 0.1) is 6.67 Å². The Morgan fingerprint density at radius 1 is 1.27 bits per heavy atom. The molecule has 0 aliphatic rings. The fourth-order valence-corrected chi connectivity index (χ4v) is 0.735. The van der Waals surface area contributed by atoms with Gasteiger partial charge in [0.2, 0.25) is 6.41 Å². The topological polar surface area (TPSA) is 32.3 Å². The minimum Gasteiger partial charge on any atom is -0.346 e. The van der Waals surface area contributed by atoms with Crippen molar-refractivity contribution >= 4 is 6.41 Å². The number of amides is 1. The first-order valence-corrected chi connectivity index (χ1v) is 3.46. The number of rotatable bonds is 7. The predicted octanol–water partition coefficient (Wildman–Crippen LogP) is 0.364. The zero-order valence-electron chi connectivity index (χ0n) is 6.62. The third kappa shape index (κ3) is 5.36. The number of hydrogen-bond donors (Lipinski definition) is 1. The standard InChI is InChI=1S/C8H14N2O/c1-3-5-10(6-4-2)7-9-8-11/h3-4,8H,1-2,5-7H2,(H,9,11). The molecular weight excluding hydrogens is 140 g/mol. The molecule has 0 aromatic heterocycles. The molecule has 0 spiro atoms. The minimum atomic E-state index is 0.543. The van der Waals surface area contributed by atoms with E-state index < -0.39 is 0 Å². The van der Waals surface area contributed by atoms with E-state index in [9.17, 15) is 4.79 Å². The molecule has 0 heterocycles. The normalized spacial score (nSPS) is 9.18. The highest BCUT2D eigenvalue weighted by atomic mass is 16.1. The van der Waals surface area contributed by atoms with Crippen molar-refractivity contribution in [3.8, 4) is 0 Å². The fourth-order valence-electron chi connectivity index (χ4n) is 0.735. The maximum Gasteiger partial charge on any atom is 0.208 e. The van der Waals surface area contributed by atoms with E-state index in [1.165, 1.54) is 0 Å². The molecular formula is C8H14N2O. The van der Waals surface area contributed by atoms with Crippen molar-refractivity contribution in [3.05, 3.63) is 25.3 Å². The molecule has 0 saturated carbocycles. The Morgan fingerprint density at radius 2 is 1.82 bits per heavy atom. The Kier molecular flexibility index (Phi) is 6.33. The molecule has 0 atom stereocenters. The molecule has 62 valence electrons. The van der Waals surface area contributed by atoms with Crippen LogP contribution in [-0.4, -0.2) is 31.1 Å². The third-order valence-corrected chi connectivity index (χ3v) is 1.17. The zero-order chi connectivity index (χ0) is 8.53. The summed E-state index contributed by atoms with van der Waals surface area (Å²) in [5, 5.41) is 2.57. The number of carbonyl (C=O) groups is 1. The fraction of sp³-hybridized carbons (Fsp3) is 0.375. The van der Waals surface area contributed by atoms with Crippen LogP contribution in [0.25, 0.3) is 0 Å². The molecule has 0 saturated heterocycles. The Morgan fingerprint density at radius 3 is 2.18 bits per heavy atom. The van der Waals surface area contributed by atoms with Crippen LogP contribution in [0.5, 0.6) is 0 Å². The molecule has 0 unspecified atom stereocenters. The second-order valence-corrected chi connectivity index (χ2v) is 2.09. The van der Waals surface area contributed by atoms with Gasteiger partial charge in [0, 0.05) is 13.1 Å². The summed E-state index contributed by atoms with van der Waals surface area (Å²) in [7, 11) is 0. The Balaban J connectivity index is 3.57. The SMILES string of the molecule is C=CCN(CC=C)CNC=O. The van der Waals surface area contributed by atoms with Crippen LogP contribution >= 0.6 is 0 Å². The van der Waals surface area contributed by atoms with Gasteiger partial charge in [0.25, 0.3) is 0 Å². The molecule has 0 aliphatic heterocycles. The molecule has 0 aliphatic carbocycles. The Hall–Kier alpha value is -1.09. The summed E-state index contributed by atoms with van der Waals surface area (Å²) in [5.41, 5.74) is 0. The predicted molar refractivity (Wildman–Crippen MR) is 46.0 cm³/mol. The van der Waals surface area contributed by atoms with Crippen molar-refractivity contribution in [3.63, 3.8) is 0 Å². The van der Waals surface area contributed by atoms with Crippen LogP contribution in [0.15, 0.2) is 25.3 Å². The van der Waals surface area contributed by atoms with E-state index in [1.807, 2.05) is 4.90 Å². The number of carbonyl (C=O) groups excluding carboxylic acids is 1. The zero-order valence-corrected chi connectivity index (χ0v) is 6.62. The van der Waals surface area contributed by atoms with Crippen LogP contribution in [0.2, 0.25) is 0 Å². The van der Waals surface area contributed by atoms with Gasteiger partial charge in [0.1, 0.15) is 0 Å². The van der Waals surface area contributed by atoms with Gasteiger partial charge in [0.15, 0.2) is 0 Å². The van der Waals surface area contributed by atoms with Crippen LogP contribution in [0.4, 0.5) is 0 Å². The quantitative estimate of drug-likeness (QED) is 0.326. The molecule has 3 nitrogen and oxygen atoms in total. The molecule has 0 aromatic carbocycles. The van der Waals surface area contributed by atoms with Crippen molar-refractivity contribution in [2.24, 2.45) is 0 Å². The summed E-state index contributed by atoms with van der Waals surface area (Å²) >= 11 is 0. The maximum atomic E-state index is 9.93. The first-order chi connectivity index (χ1) is 5.35. The minimum absolute atomic E-state index is 0.543. The summed E-state index contributed by atoms with van der Waals surface area (Å²) < 4.78 is 0. The monoisotopic (exact) mass is 154 g/mol. The number of hydrogen-bond acceptors (Lipinski definition) is 2. The highest BCUT2D eigenvalue weighted by Gasteiger charge is 1.96. The van der Waals surface area contributed by atoms with Gasteiger partial charge in [-0.3, -0.25) is 9.69 Å². The first kappa shape index (κ1) is 9.91. The van der Waals surface area contributed by atoms with Crippen molar-refractivity contribution in [1.82, 2.24) is 10.2 Å². The third-order valence-electron chi connectivity index (χ3n) is 1.17. The number of nitrogens with zero attached hydrogens (tertiary/aromatic N) is 1. The Bertz CT molecular complexity index is 124. The largest absolute Gasteiger partial charge is 0.346 e. The van der Waals surface area contributed by atoms with Crippen molar-refractivity contribution in [2.45, 2.75) is 0 Å². The maximum absolute atomic E-state index is 9.93. The van der Waals surface area contributed by atoms with Gasteiger partial charge in [-0.2, -0.15) is 0 Å². The van der Waals surface area contributed by atoms with E-state index in [-0.39, 0.29) is 0 Å². The summed E-state index contributed by atoms with van der Waals surface area (Å²) in [5.74, 6) is 0. The van der Waals surface area contributed by atoms with Crippen molar-refractivity contribution in [1.29, 1.82) is 0 Å². The molecule has 0 radical (unpaired) electrons. The second kappa shape index (κ2) is 7.02. The molecule has 1 amide bonds. The van der Waals surface area contributed by atoms with Gasteiger partial charge in [-0.15, -0.1) is 13.2 Å². The lowest BCUT2D eigenvalue weighted by Gasteiger charge is -2.16. The average molecular weight is 154 g/mol. The highest BCUT2D eigenvalue weighted by Crippen LogP contribution is 1.84.